The van der Waals surface area contributed by atoms with Crippen LogP contribution in [0, 0.1) is 5.92 Å². The lowest BCUT2D eigenvalue weighted by Crippen LogP contribution is -2.62. The second-order valence-electron chi connectivity index (χ2n) is 10.00. The molecule has 2 fully saturated rings. The van der Waals surface area contributed by atoms with Crippen LogP contribution in [0.15, 0.2) is 42.0 Å². The summed E-state index contributed by atoms with van der Waals surface area (Å²) < 4.78 is 23.3. The monoisotopic (exact) mass is 592 g/mol. The number of epoxide rings is 1. The first-order valence-corrected chi connectivity index (χ1v) is 16.4. The zero-order chi connectivity index (χ0) is 24.4. The Balaban J connectivity index is 1.83. The Bertz CT molecular complexity index is 852. The van der Waals surface area contributed by atoms with Crippen molar-refractivity contribution in [3.05, 3.63) is 42.0 Å². The number of methoxy groups -OCH3 is 1. The molecule has 1 heterocycles. The molecule has 186 valence electrons. The van der Waals surface area contributed by atoms with Crippen molar-refractivity contribution in [2.24, 2.45) is 5.92 Å². The summed E-state index contributed by atoms with van der Waals surface area (Å²) in [6.07, 6.45) is 6.53. The number of allylic oxidation sites excluding steroid dienone is 1. The third kappa shape index (κ3) is 6.66. The zero-order valence-electron chi connectivity index (χ0n) is 20.4. The number of rotatable bonds is 8. The van der Waals surface area contributed by atoms with Crippen molar-refractivity contribution in [3.8, 4) is 5.75 Å². The van der Waals surface area contributed by atoms with Crippen molar-refractivity contribution in [1.29, 1.82) is 0 Å². The molecular formula is C25H37IO6S. The molecule has 8 heteroatoms. The number of carbonyl (C=O) groups is 1. The van der Waals surface area contributed by atoms with Crippen molar-refractivity contribution >= 4 is 34.6 Å². The fourth-order valence-corrected chi connectivity index (χ4v) is 8.30. The Morgan fingerprint density at radius 1 is 1.30 bits per heavy atom. The molecule has 1 aromatic carbocycles. The SMILES string of the molecule is COC1C(OC(=O)Oc2ccccc2)CCC(O)(CS(C)(C)I)C1C1(C)OC1CC=C(C)C. The Morgan fingerprint density at radius 2 is 1.97 bits per heavy atom. The maximum absolute atomic E-state index is 12.5. The Morgan fingerprint density at radius 3 is 2.55 bits per heavy atom. The number of para-hydroxylation sites is 1. The summed E-state index contributed by atoms with van der Waals surface area (Å²) in [7, 11) is 0.573. The smallest absolute Gasteiger partial charge is 0.428 e. The minimum Gasteiger partial charge on any atom is -0.428 e. The van der Waals surface area contributed by atoms with Crippen LogP contribution in [0.25, 0.3) is 0 Å². The van der Waals surface area contributed by atoms with E-state index in [0.29, 0.717) is 24.3 Å². The van der Waals surface area contributed by atoms with E-state index in [4.69, 9.17) is 18.9 Å². The average molecular weight is 593 g/mol. The first kappa shape index (κ1) is 26.8. The summed E-state index contributed by atoms with van der Waals surface area (Å²) in [5.41, 5.74) is -0.301. The van der Waals surface area contributed by atoms with E-state index in [0.717, 1.165) is 6.42 Å². The van der Waals surface area contributed by atoms with Crippen molar-refractivity contribution < 1.29 is 28.8 Å². The second-order valence-corrected chi connectivity index (χ2v) is 20.2. The van der Waals surface area contributed by atoms with Gasteiger partial charge >= 0.3 is 6.16 Å². The van der Waals surface area contributed by atoms with Crippen LogP contribution in [-0.2, 0) is 14.2 Å². The minimum absolute atomic E-state index is 0.0103. The second kappa shape index (κ2) is 10.4. The van der Waals surface area contributed by atoms with Gasteiger partial charge in [-0.2, -0.15) is 7.20 Å². The molecule has 0 amide bonds. The molecule has 1 aliphatic heterocycles. The minimum atomic E-state index is -1.04. The average Bonchev–Trinajstić information content (AvgIpc) is 3.37. The normalized spacial score (nSPS) is 34.3. The maximum atomic E-state index is 12.5. The first-order valence-electron chi connectivity index (χ1n) is 11.3. The van der Waals surface area contributed by atoms with Gasteiger partial charge < -0.3 is 24.1 Å². The highest BCUT2D eigenvalue weighted by Crippen LogP contribution is 2.60. The van der Waals surface area contributed by atoms with Gasteiger partial charge in [0.1, 0.15) is 23.6 Å². The third-order valence-corrected chi connectivity index (χ3v) is 8.65. The highest BCUT2D eigenvalue weighted by atomic mass is 127. The summed E-state index contributed by atoms with van der Waals surface area (Å²) in [6, 6.07) is 8.85. The molecule has 6 atom stereocenters. The van der Waals surface area contributed by atoms with Gasteiger partial charge in [0.05, 0.1) is 11.7 Å². The summed E-state index contributed by atoms with van der Waals surface area (Å²) in [6.45, 7) is 6.19. The Kier molecular flexibility index (Phi) is 8.47. The largest absolute Gasteiger partial charge is 0.514 e. The predicted octanol–water partition coefficient (Wildman–Crippen LogP) is 5.65. The molecular weight excluding hydrogens is 555 g/mol. The molecule has 0 aromatic heterocycles. The van der Waals surface area contributed by atoms with Gasteiger partial charge in [0, 0.05) is 18.8 Å². The molecule has 2 aliphatic rings. The lowest BCUT2D eigenvalue weighted by Gasteiger charge is -2.51. The zero-order valence-corrected chi connectivity index (χ0v) is 23.4. The van der Waals surface area contributed by atoms with Gasteiger partial charge in [0.2, 0.25) is 0 Å². The van der Waals surface area contributed by atoms with E-state index in [-0.39, 0.29) is 12.0 Å². The number of hydrogen-bond donors (Lipinski definition) is 1. The molecule has 1 aliphatic carbocycles. The fourth-order valence-electron chi connectivity index (χ4n) is 5.17. The molecule has 1 saturated heterocycles. The summed E-state index contributed by atoms with van der Waals surface area (Å²) >= 11 is 2.46. The summed E-state index contributed by atoms with van der Waals surface area (Å²) in [4.78, 5) is 12.5. The molecule has 1 saturated carbocycles. The number of aliphatic hydroxyl groups is 1. The van der Waals surface area contributed by atoms with Crippen LogP contribution in [0.1, 0.15) is 40.0 Å². The lowest BCUT2D eigenvalue weighted by molar-refractivity contribution is -0.172. The number of halogens is 1. The van der Waals surface area contributed by atoms with E-state index in [2.05, 4.69) is 60.6 Å². The fraction of sp³-hybridized carbons (Fsp3) is 0.640. The van der Waals surface area contributed by atoms with Gasteiger partial charge in [-0.25, -0.2) is 4.79 Å². The summed E-state index contributed by atoms with van der Waals surface area (Å²) in [5, 5.41) is 12.0. The number of carbonyl (C=O) groups excluding carboxylic acids is 1. The number of ether oxygens (including phenoxy) is 4. The Labute approximate surface area is 211 Å². The van der Waals surface area contributed by atoms with E-state index in [9.17, 15) is 9.90 Å². The van der Waals surface area contributed by atoms with Crippen molar-refractivity contribution in [1.82, 2.24) is 0 Å². The van der Waals surface area contributed by atoms with Crippen molar-refractivity contribution in [2.45, 2.75) is 69.5 Å². The molecule has 1 N–H and O–H groups in total. The maximum Gasteiger partial charge on any atom is 0.514 e. The van der Waals surface area contributed by atoms with Crippen LogP contribution in [0.3, 0.4) is 0 Å². The van der Waals surface area contributed by atoms with Gasteiger partial charge in [-0.15, -0.1) is 0 Å². The van der Waals surface area contributed by atoms with Crippen LogP contribution >= 0.6 is 28.4 Å². The summed E-state index contributed by atoms with van der Waals surface area (Å²) in [5.74, 6) is 0.755. The van der Waals surface area contributed by atoms with Crippen LogP contribution < -0.4 is 4.74 Å². The highest BCUT2D eigenvalue weighted by molar-refractivity contribution is 14.2. The quantitative estimate of drug-likeness (QED) is 0.138. The molecule has 0 radical (unpaired) electrons. The van der Waals surface area contributed by atoms with Gasteiger partial charge in [-0.05, 0) is 85.9 Å². The van der Waals surface area contributed by atoms with E-state index in [1.807, 2.05) is 6.07 Å². The lowest BCUT2D eigenvalue weighted by atomic mass is 9.66. The van der Waals surface area contributed by atoms with E-state index >= 15 is 0 Å². The van der Waals surface area contributed by atoms with Gasteiger partial charge in [0.15, 0.2) is 0 Å². The van der Waals surface area contributed by atoms with Gasteiger partial charge in [-0.1, -0.05) is 29.8 Å². The molecule has 3 rings (SSSR count). The number of benzene rings is 1. The molecule has 1 aromatic rings. The first-order chi connectivity index (χ1) is 15.4. The molecule has 0 bridgehead atoms. The van der Waals surface area contributed by atoms with Crippen molar-refractivity contribution in [2.75, 3.05) is 25.4 Å². The van der Waals surface area contributed by atoms with Crippen molar-refractivity contribution in [3.63, 3.8) is 0 Å². The molecule has 6 nitrogen and oxygen atoms in total. The highest BCUT2D eigenvalue weighted by Gasteiger charge is 2.68. The molecule has 0 spiro atoms. The van der Waals surface area contributed by atoms with Crippen LogP contribution in [0.4, 0.5) is 4.79 Å². The van der Waals surface area contributed by atoms with E-state index < -0.39 is 36.8 Å². The van der Waals surface area contributed by atoms with Crippen LogP contribution in [0.5, 0.6) is 5.75 Å². The number of hydrogen-bond acceptors (Lipinski definition) is 6. The van der Waals surface area contributed by atoms with Gasteiger partial charge in [-0.3, -0.25) is 0 Å². The van der Waals surface area contributed by atoms with Crippen LogP contribution in [0.2, 0.25) is 0 Å². The van der Waals surface area contributed by atoms with E-state index in [1.54, 1.807) is 31.4 Å². The topological polar surface area (TPSA) is 77.5 Å². The predicted molar refractivity (Wildman–Crippen MR) is 141 cm³/mol. The van der Waals surface area contributed by atoms with Gasteiger partial charge in [0.25, 0.3) is 0 Å². The van der Waals surface area contributed by atoms with E-state index in [1.165, 1.54) is 5.57 Å². The molecule has 33 heavy (non-hydrogen) atoms. The van der Waals surface area contributed by atoms with Crippen LogP contribution in [-0.4, -0.2) is 66.2 Å². The third-order valence-electron chi connectivity index (χ3n) is 6.53. The standard InChI is InChI=1S/C25H37IO6S/c1-17(2)12-13-20-24(3,32-20)22-21(29-4)19(14-15-25(22,28)16-33(5,6)26)31-23(27)30-18-10-8-7-9-11-18/h7-12,19-22,28H,13-16H2,1-6H3. The Hall–Kier alpha value is -0.810. The molecule has 6 unspecified atom stereocenters.